The van der Waals surface area contributed by atoms with Gasteiger partial charge in [-0.1, -0.05) is 24.3 Å². The number of nitrogens with one attached hydrogen (secondary N) is 1. The van der Waals surface area contributed by atoms with Gasteiger partial charge in [0.25, 0.3) is 0 Å². The largest absolute Gasteiger partial charge is 0.357 e. The predicted molar refractivity (Wildman–Crippen MR) is 85.4 cm³/mol. The molecule has 2 nitrogen and oxygen atoms in total. The first-order valence-corrected chi connectivity index (χ1v) is 8.12. The maximum absolute atomic E-state index is 4.64. The zero-order valence-corrected chi connectivity index (χ0v) is 12.7. The van der Waals surface area contributed by atoms with Gasteiger partial charge < -0.3 is 5.32 Å². The fourth-order valence-corrected chi connectivity index (χ4v) is 3.86. The van der Waals surface area contributed by atoms with E-state index in [4.69, 9.17) is 0 Å². The monoisotopic (exact) mass is 288 g/mol. The van der Waals surface area contributed by atoms with E-state index in [1.54, 1.807) is 11.3 Å². The minimum Gasteiger partial charge on any atom is -0.357 e. The first-order chi connectivity index (χ1) is 9.26. The van der Waals surface area contributed by atoms with Gasteiger partial charge in [-0.15, -0.1) is 11.3 Å². The van der Waals surface area contributed by atoms with Gasteiger partial charge in [0, 0.05) is 4.88 Å². The number of thiophene rings is 1. The summed E-state index contributed by atoms with van der Waals surface area (Å²) in [6, 6.07) is 8.64. The fourth-order valence-electron chi connectivity index (χ4n) is 2.11. The zero-order valence-electron chi connectivity index (χ0n) is 11.1. The van der Waals surface area contributed by atoms with E-state index in [-0.39, 0.29) is 0 Å². The van der Waals surface area contributed by atoms with Crippen molar-refractivity contribution in [2.75, 3.05) is 5.32 Å². The number of hydrogen-bond donors (Lipinski definition) is 1. The van der Waals surface area contributed by atoms with E-state index < -0.39 is 0 Å². The number of thiazole rings is 1. The van der Waals surface area contributed by atoms with Crippen LogP contribution in [0, 0.1) is 6.92 Å². The highest BCUT2D eigenvalue weighted by molar-refractivity contribution is 7.22. The second-order valence-corrected chi connectivity index (χ2v) is 6.60. The van der Waals surface area contributed by atoms with Crippen molar-refractivity contribution in [2.24, 2.45) is 0 Å². The Kier molecular flexibility index (Phi) is 3.53. The van der Waals surface area contributed by atoms with E-state index in [0.717, 1.165) is 23.6 Å². The summed E-state index contributed by atoms with van der Waals surface area (Å²) in [6.45, 7) is 5.18. The van der Waals surface area contributed by atoms with Gasteiger partial charge in [-0.05, 0) is 48.1 Å². The summed E-state index contributed by atoms with van der Waals surface area (Å²) in [5.41, 5.74) is 3.79. The van der Waals surface area contributed by atoms with Gasteiger partial charge >= 0.3 is 0 Å². The Balaban J connectivity index is 1.78. The fraction of sp³-hybridized carbons (Fsp3) is 0.267. The zero-order chi connectivity index (χ0) is 13.2. The first-order valence-electron chi connectivity index (χ1n) is 6.42. The van der Waals surface area contributed by atoms with Crippen LogP contribution in [0.3, 0.4) is 0 Å². The highest BCUT2D eigenvalue weighted by atomic mass is 32.1. The molecular formula is C15H16N2S2. The van der Waals surface area contributed by atoms with E-state index in [9.17, 15) is 0 Å². The third kappa shape index (κ3) is 2.65. The van der Waals surface area contributed by atoms with Crippen molar-refractivity contribution in [3.8, 4) is 0 Å². The van der Waals surface area contributed by atoms with E-state index in [1.165, 1.54) is 20.7 Å². The van der Waals surface area contributed by atoms with Gasteiger partial charge in [0.05, 0.1) is 16.8 Å². The Hall–Kier alpha value is -1.39. The van der Waals surface area contributed by atoms with Gasteiger partial charge in [-0.25, -0.2) is 4.98 Å². The Bertz CT molecular complexity index is 697. The maximum atomic E-state index is 4.64. The first kappa shape index (κ1) is 12.6. The summed E-state index contributed by atoms with van der Waals surface area (Å²) in [4.78, 5) is 6.06. The quantitative estimate of drug-likeness (QED) is 0.743. The molecule has 0 saturated heterocycles. The van der Waals surface area contributed by atoms with Crippen molar-refractivity contribution in [3.05, 3.63) is 45.6 Å². The van der Waals surface area contributed by atoms with Crippen LogP contribution in [0.5, 0.6) is 0 Å². The molecule has 0 spiro atoms. The van der Waals surface area contributed by atoms with Crippen molar-refractivity contribution in [3.63, 3.8) is 0 Å². The van der Waals surface area contributed by atoms with Crippen molar-refractivity contribution in [1.29, 1.82) is 0 Å². The SMILES string of the molecule is CCc1ccsc1CNc1nc2cc(C)ccc2s1. The van der Waals surface area contributed by atoms with Crippen molar-refractivity contribution in [1.82, 2.24) is 4.98 Å². The normalized spacial score (nSPS) is 11.1. The second kappa shape index (κ2) is 5.31. The molecule has 0 amide bonds. The van der Waals surface area contributed by atoms with Crippen LogP contribution in [0.25, 0.3) is 10.2 Å². The molecule has 0 aliphatic heterocycles. The van der Waals surface area contributed by atoms with Crippen LogP contribution in [0.1, 0.15) is 22.9 Å². The number of benzene rings is 1. The molecule has 0 saturated carbocycles. The Morgan fingerprint density at radius 3 is 3.00 bits per heavy atom. The summed E-state index contributed by atoms with van der Waals surface area (Å²) < 4.78 is 1.25. The van der Waals surface area contributed by atoms with E-state index in [2.05, 4.69) is 53.8 Å². The molecule has 0 bridgehead atoms. The lowest BCUT2D eigenvalue weighted by Gasteiger charge is -2.02. The van der Waals surface area contributed by atoms with Crippen LogP contribution in [0.2, 0.25) is 0 Å². The number of rotatable bonds is 4. The van der Waals surface area contributed by atoms with E-state index in [1.807, 2.05) is 11.3 Å². The van der Waals surface area contributed by atoms with Crippen LogP contribution in [0.4, 0.5) is 5.13 Å². The molecule has 1 aromatic carbocycles. The molecule has 0 aliphatic carbocycles. The van der Waals surface area contributed by atoms with Crippen LogP contribution in [-0.2, 0) is 13.0 Å². The van der Waals surface area contributed by atoms with Crippen molar-refractivity contribution < 1.29 is 0 Å². The summed E-state index contributed by atoms with van der Waals surface area (Å²) in [6.07, 6.45) is 1.10. The van der Waals surface area contributed by atoms with Crippen molar-refractivity contribution >= 4 is 38.0 Å². The van der Waals surface area contributed by atoms with Gasteiger partial charge in [-0.3, -0.25) is 0 Å². The topological polar surface area (TPSA) is 24.9 Å². The van der Waals surface area contributed by atoms with Crippen LogP contribution >= 0.6 is 22.7 Å². The molecule has 2 aromatic heterocycles. The molecular weight excluding hydrogens is 272 g/mol. The standard InChI is InChI=1S/C15H16N2S2/c1-3-11-6-7-18-14(11)9-16-15-17-12-8-10(2)4-5-13(12)19-15/h4-8H,3,9H2,1-2H3,(H,16,17). The Labute approximate surface area is 121 Å². The molecule has 0 fully saturated rings. The molecule has 0 atom stereocenters. The third-order valence-corrected chi connectivity index (χ3v) is 5.12. The van der Waals surface area contributed by atoms with Gasteiger partial charge in [0.1, 0.15) is 0 Å². The maximum Gasteiger partial charge on any atom is 0.184 e. The molecule has 0 radical (unpaired) electrons. The lowest BCUT2D eigenvalue weighted by atomic mass is 10.2. The lowest BCUT2D eigenvalue weighted by molar-refractivity contribution is 1.08. The van der Waals surface area contributed by atoms with E-state index in [0.29, 0.717) is 0 Å². The predicted octanol–water partition coefficient (Wildman–Crippen LogP) is 4.84. The number of nitrogens with zero attached hydrogens (tertiary/aromatic N) is 1. The molecule has 19 heavy (non-hydrogen) atoms. The Morgan fingerprint density at radius 2 is 2.16 bits per heavy atom. The number of aryl methyl sites for hydroxylation is 2. The summed E-state index contributed by atoms with van der Waals surface area (Å²) in [5.74, 6) is 0. The van der Waals surface area contributed by atoms with Crippen LogP contribution < -0.4 is 5.32 Å². The van der Waals surface area contributed by atoms with Gasteiger partial charge in [0.2, 0.25) is 0 Å². The van der Waals surface area contributed by atoms with Gasteiger partial charge in [0.15, 0.2) is 5.13 Å². The van der Waals surface area contributed by atoms with Crippen LogP contribution in [-0.4, -0.2) is 4.98 Å². The molecule has 4 heteroatoms. The van der Waals surface area contributed by atoms with Crippen LogP contribution in [0.15, 0.2) is 29.6 Å². The molecule has 3 rings (SSSR count). The summed E-state index contributed by atoms with van der Waals surface area (Å²) in [7, 11) is 0. The number of hydrogen-bond acceptors (Lipinski definition) is 4. The van der Waals surface area contributed by atoms with Gasteiger partial charge in [-0.2, -0.15) is 0 Å². The minimum absolute atomic E-state index is 0.875. The summed E-state index contributed by atoms with van der Waals surface area (Å²) >= 11 is 3.54. The van der Waals surface area contributed by atoms with E-state index >= 15 is 0 Å². The minimum atomic E-state index is 0.875. The van der Waals surface area contributed by atoms with Crippen molar-refractivity contribution in [2.45, 2.75) is 26.8 Å². The molecule has 98 valence electrons. The molecule has 3 aromatic rings. The highest BCUT2D eigenvalue weighted by Crippen LogP contribution is 2.27. The second-order valence-electron chi connectivity index (χ2n) is 4.57. The number of fused-ring (bicyclic) bond motifs is 1. The summed E-state index contributed by atoms with van der Waals surface area (Å²) in [5, 5.41) is 6.62. The highest BCUT2D eigenvalue weighted by Gasteiger charge is 2.06. The smallest absolute Gasteiger partial charge is 0.184 e. The molecule has 2 heterocycles. The number of aromatic nitrogens is 1. The molecule has 1 N–H and O–H groups in total. The number of anilines is 1. The average Bonchev–Trinajstić information content (AvgIpc) is 3.01. The molecule has 0 aliphatic rings. The lowest BCUT2D eigenvalue weighted by Crippen LogP contribution is -1.98. The third-order valence-electron chi connectivity index (χ3n) is 3.16. The Morgan fingerprint density at radius 1 is 1.26 bits per heavy atom. The molecule has 0 unspecified atom stereocenters. The average molecular weight is 288 g/mol.